The molecule has 176 valence electrons. The molecule has 2 heterocycles. The minimum absolute atomic E-state index is 0.252. The largest absolute Gasteiger partial charge is 0.312 e. The molecule has 2 aromatic heterocycles. The molecule has 7 heteroatoms. The average Bonchev–Trinajstić information content (AvgIpc) is 3.13. The summed E-state index contributed by atoms with van der Waals surface area (Å²) in [5.74, 6) is -0.252. The third-order valence-electron chi connectivity index (χ3n) is 6.56. The van der Waals surface area contributed by atoms with Crippen LogP contribution in [0.4, 0.5) is 5.00 Å². The predicted molar refractivity (Wildman–Crippen MR) is 145 cm³/mol. The number of amides is 1. The molecular formula is C28H23Cl2N3OS. The summed E-state index contributed by atoms with van der Waals surface area (Å²) in [6.07, 6.45) is 6.43. The lowest BCUT2D eigenvalue weighted by Gasteiger charge is -2.15. The van der Waals surface area contributed by atoms with Gasteiger partial charge in [0.15, 0.2) is 0 Å². The number of hydrogen-bond donors (Lipinski definition) is 1. The van der Waals surface area contributed by atoms with Gasteiger partial charge in [-0.25, -0.2) is 4.98 Å². The number of fused-ring (bicyclic) bond motifs is 2. The Morgan fingerprint density at radius 3 is 2.63 bits per heavy atom. The molecule has 4 aromatic rings. The van der Waals surface area contributed by atoms with Gasteiger partial charge in [0.2, 0.25) is 0 Å². The highest BCUT2D eigenvalue weighted by molar-refractivity contribution is 7.16. The summed E-state index contributed by atoms with van der Waals surface area (Å²) in [6, 6.07) is 15.2. The Bertz CT molecular complexity index is 1500. The van der Waals surface area contributed by atoms with Gasteiger partial charge < -0.3 is 5.32 Å². The molecule has 35 heavy (non-hydrogen) atoms. The van der Waals surface area contributed by atoms with Gasteiger partial charge in [-0.3, -0.25) is 4.79 Å². The Morgan fingerprint density at radius 2 is 1.86 bits per heavy atom. The molecule has 0 atom stereocenters. The van der Waals surface area contributed by atoms with Gasteiger partial charge in [-0.2, -0.15) is 5.26 Å². The second-order valence-corrected chi connectivity index (χ2v) is 10.7. The van der Waals surface area contributed by atoms with E-state index in [1.54, 1.807) is 23.5 Å². The normalized spacial score (nSPS) is 13.5. The fraction of sp³-hybridized carbons (Fsp3) is 0.250. The first-order chi connectivity index (χ1) is 17.0. The van der Waals surface area contributed by atoms with Crippen molar-refractivity contribution in [2.24, 2.45) is 0 Å². The zero-order chi connectivity index (χ0) is 24.5. The zero-order valence-corrected chi connectivity index (χ0v) is 21.6. The lowest BCUT2D eigenvalue weighted by Crippen LogP contribution is -2.15. The molecule has 0 fully saturated rings. The van der Waals surface area contributed by atoms with Crippen molar-refractivity contribution >= 4 is 56.3 Å². The molecule has 0 saturated heterocycles. The van der Waals surface area contributed by atoms with Gasteiger partial charge in [-0.15, -0.1) is 11.3 Å². The molecule has 0 unspecified atom stereocenters. The summed E-state index contributed by atoms with van der Waals surface area (Å²) in [5, 5.41) is 15.4. The number of halogens is 2. The first kappa shape index (κ1) is 23.8. The molecule has 0 bridgehead atoms. The Kier molecular flexibility index (Phi) is 6.80. The van der Waals surface area contributed by atoms with Crippen molar-refractivity contribution in [2.75, 3.05) is 5.32 Å². The minimum atomic E-state index is -0.252. The summed E-state index contributed by atoms with van der Waals surface area (Å²) in [7, 11) is 0. The van der Waals surface area contributed by atoms with Crippen molar-refractivity contribution in [1.82, 2.24) is 4.98 Å². The number of nitrogens with zero attached hydrogens (tertiary/aromatic N) is 2. The maximum absolute atomic E-state index is 13.8. The van der Waals surface area contributed by atoms with Gasteiger partial charge in [-0.1, -0.05) is 54.2 Å². The highest BCUT2D eigenvalue weighted by Gasteiger charge is 2.24. The fourth-order valence-electron chi connectivity index (χ4n) is 4.84. The van der Waals surface area contributed by atoms with E-state index in [1.807, 2.05) is 37.3 Å². The lowest BCUT2D eigenvalue weighted by molar-refractivity contribution is 0.102. The second-order valence-electron chi connectivity index (χ2n) is 8.79. The number of anilines is 1. The second kappa shape index (κ2) is 9.99. The molecule has 1 aliphatic rings. The van der Waals surface area contributed by atoms with Gasteiger partial charge in [0.25, 0.3) is 5.91 Å². The van der Waals surface area contributed by atoms with E-state index in [2.05, 4.69) is 11.4 Å². The summed E-state index contributed by atoms with van der Waals surface area (Å²) >= 11 is 14.2. The van der Waals surface area contributed by atoms with Crippen LogP contribution in [0.3, 0.4) is 0 Å². The van der Waals surface area contributed by atoms with Crippen LogP contribution in [0.5, 0.6) is 0 Å². The first-order valence-electron chi connectivity index (χ1n) is 11.7. The number of nitriles is 1. The van der Waals surface area contributed by atoms with Gasteiger partial charge in [0.1, 0.15) is 11.1 Å². The number of benzene rings is 2. The summed E-state index contributed by atoms with van der Waals surface area (Å²) < 4.78 is 0. The zero-order valence-electron chi connectivity index (χ0n) is 19.3. The number of thiophene rings is 1. The van der Waals surface area contributed by atoms with Crippen molar-refractivity contribution in [2.45, 2.75) is 45.4 Å². The topological polar surface area (TPSA) is 65.8 Å². The van der Waals surface area contributed by atoms with E-state index >= 15 is 0 Å². The summed E-state index contributed by atoms with van der Waals surface area (Å²) in [4.78, 5) is 19.9. The van der Waals surface area contributed by atoms with E-state index in [1.165, 1.54) is 17.7 Å². The number of rotatable bonds is 3. The molecule has 1 amide bonds. The van der Waals surface area contributed by atoms with Crippen molar-refractivity contribution in [1.29, 1.82) is 5.26 Å². The molecular weight excluding hydrogens is 497 g/mol. The van der Waals surface area contributed by atoms with E-state index in [4.69, 9.17) is 28.2 Å². The molecule has 0 spiro atoms. The molecule has 0 radical (unpaired) electrons. The van der Waals surface area contributed by atoms with E-state index in [-0.39, 0.29) is 5.91 Å². The van der Waals surface area contributed by atoms with Crippen molar-refractivity contribution in [3.63, 3.8) is 0 Å². The molecule has 0 saturated carbocycles. The lowest BCUT2D eigenvalue weighted by atomic mass is 9.96. The number of carbonyl (C=O) groups excluding carboxylic acids is 1. The number of aryl methyl sites for hydroxylation is 1. The molecule has 5 rings (SSSR count). The molecule has 0 aliphatic heterocycles. The van der Waals surface area contributed by atoms with Crippen LogP contribution in [0.15, 0.2) is 42.5 Å². The van der Waals surface area contributed by atoms with E-state index < -0.39 is 0 Å². The first-order valence-corrected chi connectivity index (χ1v) is 13.3. The van der Waals surface area contributed by atoms with Crippen molar-refractivity contribution < 1.29 is 4.79 Å². The van der Waals surface area contributed by atoms with E-state index in [0.29, 0.717) is 42.9 Å². The van der Waals surface area contributed by atoms with Crippen LogP contribution < -0.4 is 5.32 Å². The van der Waals surface area contributed by atoms with Crippen LogP contribution in [0.1, 0.15) is 57.6 Å². The Morgan fingerprint density at radius 1 is 1.09 bits per heavy atom. The minimum Gasteiger partial charge on any atom is -0.312 e. The number of pyridine rings is 1. The summed E-state index contributed by atoms with van der Waals surface area (Å²) in [6.45, 7) is 1.88. The van der Waals surface area contributed by atoms with Gasteiger partial charge >= 0.3 is 0 Å². The van der Waals surface area contributed by atoms with Gasteiger partial charge in [0.05, 0.1) is 27.4 Å². The number of carbonyl (C=O) groups is 1. The van der Waals surface area contributed by atoms with Gasteiger partial charge in [-0.05, 0) is 68.0 Å². The molecule has 2 aromatic carbocycles. The Labute approximate surface area is 218 Å². The quantitative estimate of drug-likeness (QED) is 0.295. The number of nitrogens with one attached hydrogen (secondary N) is 1. The smallest absolute Gasteiger partial charge is 0.257 e. The molecule has 1 N–H and O–H groups in total. The predicted octanol–water partition coefficient (Wildman–Crippen LogP) is 8.36. The highest BCUT2D eigenvalue weighted by atomic mass is 35.5. The van der Waals surface area contributed by atoms with Crippen LogP contribution >= 0.6 is 34.5 Å². The Hall–Kier alpha value is -2.91. The SMILES string of the molecule is Cc1c(-c2ccc(Cl)cc2Cl)nc2ccccc2c1C(=O)Nc1sc2c(c1C#N)CCCCCC2. The summed E-state index contributed by atoms with van der Waals surface area (Å²) in [5.41, 5.74) is 5.01. The van der Waals surface area contributed by atoms with Crippen LogP contribution in [0, 0.1) is 18.3 Å². The Balaban J connectivity index is 1.62. The molecule has 4 nitrogen and oxygen atoms in total. The third-order valence-corrected chi connectivity index (χ3v) is 8.31. The highest BCUT2D eigenvalue weighted by Crippen LogP contribution is 2.38. The maximum Gasteiger partial charge on any atom is 0.257 e. The maximum atomic E-state index is 13.8. The van der Waals surface area contributed by atoms with Crippen LogP contribution in [-0.4, -0.2) is 10.9 Å². The number of hydrogen-bond acceptors (Lipinski definition) is 4. The van der Waals surface area contributed by atoms with E-state index in [9.17, 15) is 10.1 Å². The van der Waals surface area contributed by atoms with Crippen LogP contribution in [0.25, 0.3) is 22.2 Å². The third kappa shape index (κ3) is 4.54. The van der Waals surface area contributed by atoms with Crippen LogP contribution in [0.2, 0.25) is 10.0 Å². The fourth-order valence-corrected chi connectivity index (χ4v) is 6.57. The van der Waals surface area contributed by atoms with Gasteiger partial charge in [0, 0.05) is 20.8 Å². The number of aromatic nitrogens is 1. The molecule has 1 aliphatic carbocycles. The number of para-hydroxylation sites is 1. The van der Waals surface area contributed by atoms with E-state index in [0.717, 1.165) is 42.2 Å². The van der Waals surface area contributed by atoms with Crippen molar-refractivity contribution in [3.8, 4) is 17.3 Å². The monoisotopic (exact) mass is 519 g/mol. The standard InChI is InChI=1S/C28H23Cl2N3OS/c1-16-25(27(34)33-28-21(15-31)18-8-4-2-3-5-11-24(18)35-28)20-9-6-7-10-23(20)32-26(16)19-13-12-17(29)14-22(19)30/h6-7,9-10,12-14H,2-5,8,11H2,1H3,(H,33,34). The average molecular weight is 520 g/mol. The van der Waals surface area contributed by atoms with Crippen molar-refractivity contribution in [3.05, 3.63) is 79.6 Å². The van der Waals surface area contributed by atoms with Crippen LogP contribution in [-0.2, 0) is 12.8 Å².